The van der Waals surface area contributed by atoms with E-state index < -0.39 is 0 Å². The molecule has 0 unspecified atom stereocenters. The van der Waals surface area contributed by atoms with Crippen molar-refractivity contribution in [2.75, 3.05) is 18.2 Å². The Bertz CT molecular complexity index is 574. The maximum Gasteiger partial charge on any atom is 0.250 e. The molecule has 1 atom stereocenters. The molecule has 1 aromatic rings. The minimum atomic E-state index is -0.378. The van der Waals surface area contributed by atoms with Gasteiger partial charge in [-0.25, -0.2) is 0 Å². The second-order valence-corrected chi connectivity index (χ2v) is 6.45. The summed E-state index contributed by atoms with van der Waals surface area (Å²) in [6.45, 7) is 4.34. The number of allylic oxidation sites excluding steroid dienone is 1. The molecule has 5 nitrogen and oxygen atoms in total. The molecule has 124 valence electrons. The molecule has 0 aromatic carbocycles. The third kappa shape index (κ3) is 4.82. The number of hydrogen-bond donors (Lipinski definition) is 1. The Balaban J connectivity index is 1.88. The number of aromatic nitrogens is 1. The third-order valence-corrected chi connectivity index (χ3v) is 4.71. The summed E-state index contributed by atoms with van der Waals surface area (Å²) in [5.41, 5.74) is 1.66. The number of rotatable bonds is 6. The fraction of sp³-hybridized carbons (Fsp3) is 0.471. The van der Waals surface area contributed by atoms with Crippen molar-refractivity contribution in [2.24, 2.45) is 0 Å². The molecule has 1 fully saturated rings. The quantitative estimate of drug-likeness (QED) is 0.809. The lowest BCUT2D eigenvalue weighted by Crippen LogP contribution is -2.47. The second kappa shape index (κ2) is 8.72. The number of carbonyl (C=O) groups is 2. The topological polar surface area (TPSA) is 62.3 Å². The van der Waals surface area contributed by atoms with E-state index in [1.54, 1.807) is 22.9 Å². The van der Waals surface area contributed by atoms with Crippen LogP contribution in [0.5, 0.6) is 0 Å². The minimum Gasteiger partial charge on any atom is -0.354 e. The zero-order valence-electron chi connectivity index (χ0n) is 13.6. The lowest BCUT2D eigenvalue weighted by atomic mass is 10.2. The Morgan fingerprint density at radius 3 is 3.00 bits per heavy atom. The number of hydrogen-bond acceptors (Lipinski definition) is 4. The van der Waals surface area contributed by atoms with Crippen LogP contribution in [0.3, 0.4) is 0 Å². The zero-order valence-corrected chi connectivity index (χ0v) is 14.4. The summed E-state index contributed by atoms with van der Waals surface area (Å²) < 4.78 is 0. The lowest BCUT2D eigenvalue weighted by Gasteiger charge is -2.23. The van der Waals surface area contributed by atoms with E-state index in [4.69, 9.17) is 0 Å². The number of amides is 2. The van der Waals surface area contributed by atoms with Crippen LogP contribution in [0.4, 0.5) is 0 Å². The molecule has 1 N–H and O–H groups in total. The highest BCUT2D eigenvalue weighted by atomic mass is 32.2. The fourth-order valence-corrected chi connectivity index (χ4v) is 3.61. The van der Waals surface area contributed by atoms with Crippen LogP contribution >= 0.6 is 11.8 Å². The van der Waals surface area contributed by atoms with Crippen molar-refractivity contribution in [3.05, 3.63) is 41.7 Å². The first-order chi connectivity index (χ1) is 11.1. The molecule has 2 heterocycles. The average Bonchev–Trinajstić information content (AvgIpc) is 3.05. The molecule has 0 bridgehead atoms. The fourth-order valence-electron chi connectivity index (χ4n) is 2.46. The van der Waals surface area contributed by atoms with Gasteiger partial charge >= 0.3 is 0 Å². The molecule has 2 rings (SSSR count). The van der Waals surface area contributed by atoms with Gasteiger partial charge in [-0.2, -0.15) is 0 Å². The molecule has 1 aliphatic heterocycles. The van der Waals surface area contributed by atoms with Crippen molar-refractivity contribution in [2.45, 2.75) is 32.7 Å². The first kappa shape index (κ1) is 17.5. The van der Waals surface area contributed by atoms with E-state index in [1.165, 1.54) is 0 Å². The van der Waals surface area contributed by atoms with E-state index in [2.05, 4.69) is 10.3 Å². The van der Waals surface area contributed by atoms with E-state index in [0.717, 1.165) is 12.1 Å². The molecular weight excluding hydrogens is 310 g/mol. The number of pyridine rings is 1. The normalized spacial score (nSPS) is 18.1. The molecule has 1 aromatic heterocycles. The Hall–Kier alpha value is -1.82. The van der Waals surface area contributed by atoms with Crippen molar-refractivity contribution in [1.29, 1.82) is 0 Å². The van der Waals surface area contributed by atoms with Gasteiger partial charge in [0.15, 0.2) is 0 Å². The molecule has 1 aliphatic rings. The van der Waals surface area contributed by atoms with Crippen LogP contribution < -0.4 is 5.32 Å². The van der Waals surface area contributed by atoms with Gasteiger partial charge in [-0.15, -0.1) is 11.8 Å². The van der Waals surface area contributed by atoms with Gasteiger partial charge in [-0.3, -0.25) is 14.6 Å². The highest BCUT2D eigenvalue weighted by Gasteiger charge is 2.34. The van der Waals surface area contributed by atoms with Crippen LogP contribution in [0.15, 0.2) is 36.0 Å². The smallest absolute Gasteiger partial charge is 0.250 e. The third-order valence-electron chi connectivity index (χ3n) is 3.70. The predicted molar refractivity (Wildman–Crippen MR) is 93.0 cm³/mol. The number of nitrogens with zero attached hydrogens (tertiary/aromatic N) is 2. The molecular formula is C17H23N3O2S. The summed E-state index contributed by atoms with van der Waals surface area (Å²) in [6.07, 6.45) is 5.16. The monoisotopic (exact) mass is 333 g/mol. The predicted octanol–water partition coefficient (Wildman–Crippen LogP) is 2.00. The highest BCUT2D eigenvalue weighted by Crippen LogP contribution is 2.23. The average molecular weight is 333 g/mol. The molecule has 0 aliphatic carbocycles. The largest absolute Gasteiger partial charge is 0.354 e. The first-order valence-corrected chi connectivity index (χ1v) is 9.02. The Morgan fingerprint density at radius 1 is 1.48 bits per heavy atom. The standard InChI is InChI=1S/C17H23N3O2S/c1-3-6-13(2)17(22)20-12-23-11-15(20)16(21)19-10-8-14-7-4-5-9-18-14/h4-7,9,15H,3,8,10-12H2,1-2H3,(H,19,21)/b13-6+/t15-/m0/s1. The maximum absolute atomic E-state index is 12.4. The zero-order chi connectivity index (χ0) is 16.7. The van der Waals surface area contributed by atoms with Crippen LogP contribution in [-0.2, 0) is 16.0 Å². The van der Waals surface area contributed by atoms with Crippen molar-refractivity contribution >= 4 is 23.6 Å². The van der Waals surface area contributed by atoms with Gasteiger partial charge in [0.25, 0.3) is 5.91 Å². The van der Waals surface area contributed by atoms with E-state index in [-0.39, 0.29) is 17.9 Å². The number of thioether (sulfide) groups is 1. The molecule has 0 saturated carbocycles. The van der Waals surface area contributed by atoms with Gasteiger partial charge in [-0.05, 0) is 25.5 Å². The summed E-state index contributed by atoms with van der Waals surface area (Å²) in [6, 6.07) is 5.36. The van der Waals surface area contributed by atoms with Gasteiger partial charge in [0, 0.05) is 36.2 Å². The van der Waals surface area contributed by atoms with Crippen molar-refractivity contribution in [3.63, 3.8) is 0 Å². The second-order valence-electron chi connectivity index (χ2n) is 5.45. The highest BCUT2D eigenvalue weighted by molar-refractivity contribution is 7.99. The van der Waals surface area contributed by atoms with Gasteiger partial charge in [-0.1, -0.05) is 19.1 Å². The van der Waals surface area contributed by atoms with E-state index in [0.29, 0.717) is 30.2 Å². The van der Waals surface area contributed by atoms with E-state index in [1.807, 2.05) is 38.1 Å². The summed E-state index contributed by atoms with van der Waals surface area (Å²) >= 11 is 1.62. The lowest BCUT2D eigenvalue weighted by molar-refractivity contribution is -0.135. The van der Waals surface area contributed by atoms with E-state index in [9.17, 15) is 9.59 Å². The van der Waals surface area contributed by atoms with Crippen molar-refractivity contribution < 1.29 is 9.59 Å². The van der Waals surface area contributed by atoms with Gasteiger partial charge in [0.1, 0.15) is 6.04 Å². The molecule has 1 saturated heterocycles. The first-order valence-electron chi connectivity index (χ1n) is 7.86. The Kier molecular flexibility index (Phi) is 6.65. The molecule has 6 heteroatoms. The number of carbonyl (C=O) groups excluding carboxylic acids is 2. The summed E-state index contributed by atoms with van der Waals surface area (Å²) in [4.78, 5) is 30.7. The van der Waals surface area contributed by atoms with Crippen molar-refractivity contribution in [1.82, 2.24) is 15.2 Å². The van der Waals surface area contributed by atoms with Gasteiger partial charge in [0.2, 0.25) is 5.91 Å². The van der Waals surface area contributed by atoms with Crippen LogP contribution in [0.2, 0.25) is 0 Å². The summed E-state index contributed by atoms with van der Waals surface area (Å²) in [7, 11) is 0. The molecule has 0 radical (unpaired) electrons. The molecule has 2 amide bonds. The Labute approximate surface area is 141 Å². The molecule has 23 heavy (non-hydrogen) atoms. The van der Waals surface area contributed by atoms with Crippen LogP contribution in [0.25, 0.3) is 0 Å². The minimum absolute atomic E-state index is 0.0401. The van der Waals surface area contributed by atoms with Gasteiger partial charge < -0.3 is 10.2 Å². The summed E-state index contributed by atoms with van der Waals surface area (Å²) in [5.74, 6) is 1.11. The maximum atomic E-state index is 12.4. The summed E-state index contributed by atoms with van der Waals surface area (Å²) in [5, 5.41) is 2.92. The van der Waals surface area contributed by atoms with Crippen molar-refractivity contribution in [3.8, 4) is 0 Å². The van der Waals surface area contributed by atoms with Crippen LogP contribution in [0.1, 0.15) is 26.0 Å². The Morgan fingerprint density at radius 2 is 2.30 bits per heavy atom. The molecule has 0 spiro atoms. The van der Waals surface area contributed by atoms with Gasteiger partial charge in [0.05, 0.1) is 5.88 Å². The van der Waals surface area contributed by atoms with E-state index >= 15 is 0 Å². The van der Waals surface area contributed by atoms with Crippen LogP contribution in [-0.4, -0.2) is 45.9 Å². The number of nitrogens with one attached hydrogen (secondary N) is 1. The SMILES string of the molecule is CC/C=C(\C)C(=O)N1CSC[C@H]1C(=O)NCCc1ccccn1. The van der Waals surface area contributed by atoms with Crippen LogP contribution in [0, 0.1) is 0 Å².